The molecule has 3 heteroatoms. The monoisotopic (exact) mass is 299 g/mol. The predicted molar refractivity (Wildman–Crippen MR) is 91.5 cm³/mol. The molecule has 0 heterocycles. The molecule has 0 saturated carbocycles. The van der Waals surface area contributed by atoms with Crippen LogP contribution in [0.1, 0.15) is 37.8 Å². The van der Waals surface area contributed by atoms with E-state index >= 15 is 0 Å². The first-order valence-corrected chi connectivity index (χ1v) is 8.04. The standard InChI is InChI=1S/C19H25NO2/c1-4-6-19(21)20-10-9-16-12-14(5-2)11-15-7-8-17(22-3)13-18(15)16/h7-8,11-13H,4-6,9-10H2,1-3H3,(H,20,21). The quantitative estimate of drug-likeness (QED) is 0.843. The molecule has 0 radical (unpaired) electrons. The molecule has 1 amide bonds. The molecule has 0 saturated heterocycles. The highest BCUT2D eigenvalue weighted by Crippen LogP contribution is 2.26. The van der Waals surface area contributed by atoms with Crippen LogP contribution < -0.4 is 10.1 Å². The number of methoxy groups -OCH3 is 1. The Morgan fingerprint density at radius 2 is 2.00 bits per heavy atom. The number of benzene rings is 2. The lowest BCUT2D eigenvalue weighted by molar-refractivity contribution is -0.121. The minimum absolute atomic E-state index is 0.135. The van der Waals surface area contributed by atoms with Crippen LogP contribution in [0.5, 0.6) is 5.75 Å². The predicted octanol–water partition coefficient (Wildman–Crippen LogP) is 3.87. The molecule has 3 nitrogen and oxygen atoms in total. The first-order chi connectivity index (χ1) is 10.7. The maximum atomic E-state index is 11.6. The molecule has 1 N–H and O–H groups in total. The molecule has 0 unspecified atom stereocenters. The fourth-order valence-corrected chi connectivity index (χ4v) is 2.67. The molecule has 0 spiro atoms. The number of aryl methyl sites for hydroxylation is 1. The van der Waals surface area contributed by atoms with Gasteiger partial charge in [-0.2, -0.15) is 0 Å². The molecular formula is C19H25NO2. The van der Waals surface area contributed by atoms with Gasteiger partial charge in [-0.25, -0.2) is 0 Å². The number of fused-ring (bicyclic) bond motifs is 1. The Morgan fingerprint density at radius 1 is 1.18 bits per heavy atom. The van der Waals surface area contributed by atoms with Crippen molar-refractivity contribution in [3.8, 4) is 5.75 Å². The third-order valence-corrected chi connectivity index (χ3v) is 3.91. The van der Waals surface area contributed by atoms with Crippen molar-refractivity contribution in [3.05, 3.63) is 41.5 Å². The topological polar surface area (TPSA) is 38.3 Å². The van der Waals surface area contributed by atoms with Crippen LogP contribution >= 0.6 is 0 Å². The average molecular weight is 299 g/mol. The maximum absolute atomic E-state index is 11.6. The van der Waals surface area contributed by atoms with Gasteiger partial charge in [0, 0.05) is 13.0 Å². The van der Waals surface area contributed by atoms with E-state index in [-0.39, 0.29) is 5.91 Å². The van der Waals surface area contributed by atoms with E-state index in [1.54, 1.807) is 7.11 Å². The van der Waals surface area contributed by atoms with Crippen LogP contribution in [0.25, 0.3) is 10.8 Å². The molecule has 0 aliphatic carbocycles. The van der Waals surface area contributed by atoms with Crippen molar-refractivity contribution in [2.75, 3.05) is 13.7 Å². The molecule has 0 fully saturated rings. The summed E-state index contributed by atoms with van der Waals surface area (Å²) in [7, 11) is 1.69. The molecule has 0 aliphatic heterocycles. The van der Waals surface area contributed by atoms with Crippen molar-refractivity contribution in [3.63, 3.8) is 0 Å². The Morgan fingerprint density at radius 3 is 2.68 bits per heavy atom. The summed E-state index contributed by atoms with van der Waals surface area (Å²) in [5.74, 6) is 1.00. The highest BCUT2D eigenvalue weighted by molar-refractivity contribution is 5.88. The Balaban J connectivity index is 2.23. The van der Waals surface area contributed by atoms with Gasteiger partial charge in [-0.15, -0.1) is 0 Å². The zero-order valence-corrected chi connectivity index (χ0v) is 13.7. The summed E-state index contributed by atoms with van der Waals surface area (Å²) in [6.07, 6.45) is 3.34. The van der Waals surface area contributed by atoms with E-state index in [2.05, 4.69) is 36.5 Å². The number of carbonyl (C=O) groups excluding carboxylic acids is 1. The second kappa shape index (κ2) is 7.83. The summed E-state index contributed by atoms with van der Waals surface area (Å²) < 4.78 is 5.34. The lowest BCUT2D eigenvalue weighted by Crippen LogP contribution is -2.25. The van der Waals surface area contributed by atoms with E-state index < -0.39 is 0 Å². The molecule has 0 aliphatic rings. The summed E-state index contributed by atoms with van der Waals surface area (Å²) in [5, 5.41) is 5.43. The van der Waals surface area contributed by atoms with Gasteiger partial charge < -0.3 is 10.1 Å². The minimum atomic E-state index is 0.135. The van der Waals surface area contributed by atoms with E-state index in [0.717, 1.165) is 25.0 Å². The zero-order chi connectivity index (χ0) is 15.9. The van der Waals surface area contributed by atoms with Crippen LogP contribution in [0.4, 0.5) is 0 Å². The van der Waals surface area contributed by atoms with Gasteiger partial charge in [0.25, 0.3) is 0 Å². The number of carbonyl (C=O) groups is 1. The molecule has 0 bridgehead atoms. The first kappa shape index (κ1) is 16.3. The summed E-state index contributed by atoms with van der Waals surface area (Å²) in [6.45, 7) is 4.86. The summed E-state index contributed by atoms with van der Waals surface area (Å²) in [4.78, 5) is 11.6. The third kappa shape index (κ3) is 4.00. The van der Waals surface area contributed by atoms with E-state index in [1.165, 1.54) is 21.9 Å². The summed E-state index contributed by atoms with van der Waals surface area (Å²) >= 11 is 0. The fraction of sp³-hybridized carbons (Fsp3) is 0.421. The van der Waals surface area contributed by atoms with Gasteiger partial charge in [-0.3, -0.25) is 4.79 Å². The highest BCUT2D eigenvalue weighted by Gasteiger charge is 2.06. The number of amides is 1. The normalized spacial score (nSPS) is 10.7. The molecule has 22 heavy (non-hydrogen) atoms. The molecule has 2 aromatic carbocycles. The number of nitrogens with one attached hydrogen (secondary N) is 1. The van der Waals surface area contributed by atoms with Gasteiger partial charge in [-0.05, 0) is 53.3 Å². The fourth-order valence-electron chi connectivity index (χ4n) is 2.67. The molecule has 2 rings (SSSR count). The van der Waals surface area contributed by atoms with Gasteiger partial charge in [-0.1, -0.05) is 32.0 Å². The van der Waals surface area contributed by atoms with Crippen molar-refractivity contribution in [1.82, 2.24) is 5.32 Å². The van der Waals surface area contributed by atoms with Gasteiger partial charge >= 0.3 is 0 Å². The molecule has 0 atom stereocenters. The highest BCUT2D eigenvalue weighted by atomic mass is 16.5. The van der Waals surface area contributed by atoms with Crippen molar-refractivity contribution >= 4 is 16.7 Å². The van der Waals surface area contributed by atoms with E-state index in [0.29, 0.717) is 13.0 Å². The van der Waals surface area contributed by atoms with Crippen molar-refractivity contribution in [2.24, 2.45) is 0 Å². The second-order valence-electron chi connectivity index (χ2n) is 5.55. The number of hydrogen-bond donors (Lipinski definition) is 1. The van der Waals surface area contributed by atoms with Gasteiger partial charge in [0.1, 0.15) is 5.75 Å². The van der Waals surface area contributed by atoms with Crippen LogP contribution in [0.3, 0.4) is 0 Å². The molecule has 2 aromatic rings. The molecule has 118 valence electrons. The lowest BCUT2D eigenvalue weighted by atomic mass is 9.97. The summed E-state index contributed by atoms with van der Waals surface area (Å²) in [6, 6.07) is 10.7. The van der Waals surface area contributed by atoms with Crippen molar-refractivity contribution in [2.45, 2.75) is 39.5 Å². The second-order valence-corrected chi connectivity index (χ2v) is 5.55. The van der Waals surface area contributed by atoms with Crippen LogP contribution in [0.2, 0.25) is 0 Å². The van der Waals surface area contributed by atoms with Gasteiger partial charge in [0.05, 0.1) is 7.11 Å². The first-order valence-electron chi connectivity index (χ1n) is 8.04. The number of hydrogen-bond acceptors (Lipinski definition) is 2. The third-order valence-electron chi connectivity index (χ3n) is 3.91. The minimum Gasteiger partial charge on any atom is -0.497 e. The Hall–Kier alpha value is -2.03. The number of rotatable bonds is 7. The smallest absolute Gasteiger partial charge is 0.219 e. The van der Waals surface area contributed by atoms with E-state index in [4.69, 9.17) is 4.74 Å². The summed E-state index contributed by atoms with van der Waals surface area (Å²) in [5.41, 5.74) is 2.60. The largest absolute Gasteiger partial charge is 0.497 e. The van der Waals surface area contributed by atoms with Crippen LogP contribution in [0, 0.1) is 0 Å². The Kier molecular flexibility index (Phi) is 5.82. The van der Waals surface area contributed by atoms with Crippen molar-refractivity contribution < 1.29 is 9.53 Å². The van der Waals surface area contributed by atoms with Crippen LogP contribution in [-0.2, 0) is 17.6 Å². The average Bonchev–Trinajstić information content (AvgIpc) is 2.54. The van der Waals surface area contributed by atoms with Crippen LogP contribution in [-0.4, -0.2) is 19.6 Å². The SMILES string of the molecule is CCCC(=O)NCCc1cc(CC)cc2ccc(OC)cc12. The molecular weight excluding hydrogens is 274 g/mol. The zero-order valence-electron chi connectivity index (χ0n) is 13.7. The van der Waals surface area contributed by atoms with Gasteiger partial charge in [0.15, 0.2) is 0 Å². The van der Waals surface area contributed by atoms with Crippen molar-refractivity contribution in [1.29, 1.82) is 0 Å². The number of ether oxygens (including phenoxy) is 1. The Bertz CT molecular complexity index is 649. The maximum Gasteiger partial charge on any atom is 0.219 e. The molecule has 0 aromatic heterocycles. The Labute approximate surface area is 132 Å². The van der Waals surface area contributed by atoms with E-state index in [9.17, 15) is 4.79 Å². The van der Waals surface area contributed by atoms with Gasteiger partial charge in [0.2, 0.25) is 5.91 Å². The van der Waals surface area contributed by atoms with Crippen LogP contribution in [0.15, 0.2) is 30.3 Å². The van der Waals surface area contributed by atoms with E-state index in [1.807, 2.05) is 13.0 Å². The lowest BCUT2D eigenvalue weighted by Gasteiger charge is -2.12.